The van der Waals surface area contributed by atoms with Crippen LogP contribution in [0.4, 0.5) is 65.9 Å². The molecular weight excluding hydrogens is 1080 g/mol. The van der Waals surface area contributed by atoms with E-state index in [0.717, 1.165) is 44.9 Å². The zero-order chi connectivity index (χ0) is 57.2. The highest BCUT2D eigenvalue weighted by Crippen LogP contribution is 2.62. The van der Waals surface area contributed by atoms with Crippen LogP contribution < -0.4 is 14.2 Å². The number of ether oxygens (including phenoxy) is 7. The average molecular weight is 1120 g/mol. The summed E-state index contributed by atoms with van der Waals surface area (Å²) >= 11 is 0. The number of rotatable bonds is 27. The first-order valence-corrected chi connectivity index (χ1v) is 23.4. The molecule has 0 spiro atoms. The van der Waals surface area contributed by atoms with Crippen molar-refractivity contribution in [2.24, 2.45) is 0 Å². The van der Waals surface area contributed by atoms with Crippen molar-refractivity contribution in [1.29, 1.82) is 0 Å². The zero-order valence-corrected chi connectivity index (χ0v) is 40.0. The first-order valence-electron chi connectivity index (χ1n) is 23.4. The van der Waals surface area contributed by atoms with Gasteiger partial charge in [-0.25, -0.2) is 9.59 Å². The van der Waals surface area contributed by atoms with Crippen LogP contribution in [-0.2, 0) is 38.1 Å². The van der Waals surface area contributed by atoms with Crippen LogP contribution in [0, 0.1) is 0 Å². The SMILES string of the molecule is C=CCCCCCCCCC(=O)Oc1ccc(C(=O)Oc2ccc(-c3ccc(OC(=O)CCCCC(=O)O[C@H]4CO[C@@H]5[C@H]4OC[C@H]5OC(=O)C(F)(F)C(F)(F)C(F)(F)C(F)(F)C(F)(F)C(F)(F)C(F)(F)F)cc3)cc2)cc1. The molecule has 0 N–H and O–H groups in total. The number of halogens is 15. The molecule has 2 aliphatic heterocycles. The fourth-order valence-electron chi connectivity index (χ4n) is 7.59. The highest BCUT2D eigenvalue weighted by atomic mass is 19.4. The molecule has 5 rings (SSSR count). The summed E-state index contributed by atoms with van der Waals surface area (Å²) in [6.07, 6.45) is -6.20. The summed E-state index contributed by atoms with van der Waals surface area (Å²) in [6, 6.07) is 18.7. The number of benzene rings is 3. The van der Waals surface area contributed by atoms with Crippen molar-refractivity contribution >= 4 is 29.8 Å². The van der Waals surface area contributed by atoms with Gasteiger partial charge in [-0.15, -0.1) is 6.58 Å². The summed E-state index contributed by atoms with van der Waals surface area (Å²) in [6.45, 7) is 1.92. The Hall–Kier alpha value is -6.38. The molecule has 0 unspecified atom stereocenters. The molecule has 0 aliphatic carbocycles. The maximum atomic E-state index is 14.4. The lowest BCUT2D eigenvalue weighted by Gasteiger charge is -2.41. The predicted octanol–water partition coefficient (Wildman–Crippen LogP) is 12.2. The highest BCUT2D eigenvalue weighted by molar-refractivity contribution is 5.91. The van der Waals surface area contributed by atoms with Gasteiger partial charge in [-0.2, -0.15) is 65.9 Å². The number of hydrogen-bond donors (Lipinski definition) is 0. The summed E-state index contributed by atoms with van der Waals surface area (Å²) in [4.78, 5) is 62.0. The van der Waals surface area contributed by atoms with Crippen molar-refractivity contribution in [1.82, 2.24) is 0 Å². The molecule has 4 atom stereocenters. The van der Waals surface area contributed by atoms with Gasteiger partial charge in [0, 0.05) is 19.3 Å². The number of unbranched alkanes of at least 4 members (excludes halogenated alkanes) is 7. The Balaban J connectivity index is 1.000. The normalized spacial score (nSPS) is 18.3. The van der Waals surface area contributed by atoms with E-state index in [1.807, 2.05) is 6.08 Å². The third-order valence-electron chi connectivity index (χ3n) is 11.9. The Morgan fingerprint density at radius 1 is 0.468 bits per heavy atom. The molecule has 77 heavy (non-hydrogen) atoms. The monoisotopic (exact) mass is 1120 g/mol. The lowest BCUT2D eigenvalue weighted by atomic mass is 9.91. The van der Waals surface area contributed by atoms with Crippen LogP contribution in [0.2, 0.25) is 0 Å². The smallest absolute Gasteiger partial charge is 0.457 e. The Morgan fingerprint density at radius 2 is 0.844 bits per heavy atom. The molecule has 0 bridgehead atoms. The number of esters is 5. The van der Waals surface area contributed by atoms with Gasteiger partial charge >= 0.3 is 71.6 Å². The molecule has 3 aromatic rings. The molecule has 0 radical (unpaired) electrons. The first-order chi connectivity index (χ1) is 35.9. The van der Waals surface area contributed by atoms with E-state index in [4.69, 9.17) is 28.4 Å². The van der Waals surface area contributed by atoms with Crippen molar-refractivity contribution in [2.75, 3.05) is 13.2 Å². The molecule has 2 aliphatic rings. The molecule has 0 aromatic heterocycles. The molecule has 2 fully saturated rings. The Kier molecular flexibility index (Phi) is 19.9. The molecule has 3 aromatic carbocycles. The maximum Gasteiger partial charge on any atom is 0.460 e. The molecule has 27 heteroatoms. The molecule has 2 heterocycles. The third-order valence-corrected chi connectivity index (χ3v) is 11.9. The largest absolute Gasteiger partial charge is 0.460 e. The summed E-state index contributed by atoms with van der Waals surface area (Å²) in [5.74, 6) is -55.1. The topological polar surface area (TPSA) is 150 Å². The lowest BCUT2D eigenvalue weighted by Crippen LogP contribution is -2.73. The number of fused-ring (bicyclic) bond motifs is 1. The van der Waals surface area contributed by atoms with Crippen molar-refractivity contribution in [2.45, 2.75) is 143 Å². The van der Waals surface area contributed by atoms with E-state index in [1.54, 1.807) is 36.4 Å². The van der Waals surface area contributed by atoms with Gasteiger partial charge in [0.15, 0.2) is 12.2 Å². The van der Waals surface area contributed by atoms with Crippen LogP contribution in [0.25, 0.3) is 11.1 Å². The van der Waals surface area contributed by atoms with E-state index in [1.165, 1.54) is 36.4 Å². The minimum Gasteiger partial charge on any atom is -0.457 e. The fourth-order valence-corrected chi connectivity index (χ4v) is 7.59. The van der Waals surface area contributed by atoms with Gasteiger partial charge in [-0.1, -0.05) is 56.0 Å². The Bertz CT molecular complexity index is 2520. The van der Waals surface area contributed by atoms with Gasteiger partial charge in [-0.05, 0) is 91.8 Å². The van der Waals surface area contributed by atoms with Crippen molar-refractivity contribution in [3.63, 3.8) is 0 Å². The zero-order valence-electron chi connectivity index (χ0n) is 40.0. The van der Waals surface area contributed by atoms with E-state index < -0.39 is 103 Å². The second-order valence-corrected chi connectivity index (χ2v) is 17.6. The maximum absolute atomic E-state index is 14.4. The van der Waals surface area contributed by atoms with Crippen LogP contribution in [-0.4, -0.2) is 109 Å². The van der Waals surface area contributed by atoms with E-state index in [2.05, 4.69) is 11.3 Å². The van der Waals surface area contributed by atoms with Gasteiger partial charge in [0.2, 0.25) is 0 Å². The predicted molar refractivity (Wildman–Crippen MR) is 235 cm³/mol. The van der Waals surface area contributed by atoms with E-state index in [-0.39, 0.29) is 55.1 Å². The quantitative estimate of drug-likeness (QED) is 0.0235. The Labute approximate surface area is 428 Å². The van der Waals surface area contributed by atoms with E-state index in [9.17, 15) is 89.8 Å². The van der Waals surface area contributed by atoms with Crippen LogP contribution in [0.5, 0.6) is 17.2 Å². The van der Waals surface area contributed by atoms with Crippen LogP contribution in [0.1, 0.15) is 87.4 Å². The van der Waals surface area contributed by atoms with Crippen molar-refractivity contribution in [3.05, 3.63) is 91.0 Å². The minimum absolute atomic E-state index is 0.00890. The van der Waals surface area contributed by atoms with E-state index >= 15 is 0 Å². The second-order valence-electron chi connectivity index (χ2n) is 17.6. The first kappa shape index (κ1) is 61.5. The van der Waals surface area contributed by atoms with Gasteiger partial charge in [0.25, 0.3) is 0 Å². The van der Waals surface area contributed by atoms with Gasteiger partial charge in [-0.3, -0.25) is 14.4 Å². The number of carbonyl (C=O) groups excluding carboxylic acids is 5. The number of alkyl halides is 15. The summed E-state index contributed by atoms with van der Waals surface area (Å²) in [5.41, 5.74) is 1.63. The summed E-state index contributed by atoms with van der Waals surface area (Å²) in [7, 11) is 0. The van der Waals surface area contributed by atoms with Gasteiger partial charge < -0.3 is 33.2 Å². The summed E-state index contributed by atoms with van der Waals surface area (Å²) in [5, 5.41) is 0. The standard InChI is InChI=1S/C50H47F15O12/c1-2-3-4-5-6-7-8-9-12-37(66)74-33-25-19-31(20-26-33)42(69)75-34-23-17-30(18-24-34)29-15-21-32(22-16-29)73-38(67)13-10-11-14-39(68)76-35-27-71-41-36(28-72-40(35)41)77-43(70)44(51,52)45(53,54)46(55,56)47(57,58)48(59,60)49(61,62)50(63,64)65/h2,15-26,35-36,40-41H,1,3-14,27-28H2/t35-,36+,40-,41-/m0/s1. The molecule has 424 valence electrons. The average Bonchev–Trinajstić information content (AvgIpc) is 3.96. The highest BCUT2D eigenvalue weighted by Gasteiger charge is 2.94. The number of allylic oxidation sites excluding steroid dienone is 1. The molecule has 0 amide bonds. The van der Waals surface area contributed by atoms with Gasteiger partial charge in [0.05, 0.1) is 18.8 Å². The summed E-state index contributed by atoms with van der Waals surface area (Å²) < 4.78 is 239. The van der Waals surface area contributed by atoms with Crippen LogP contribution >= 0.6 is 0 Å². The number of carbonyl (C=O) groups is 5. The molecule has 2 saturated heterocycles. The lowest BCUT2D eigenvalue weighted by molar-refractivity contribution is -0.450. The molecular formula is C50H47F15O12. The van der Waals surface area contributed by atoms with Crippen molar-refractivity contribution < 1.29 is 123 Å². The minimum atomic E-state index is -8.59. The second kappa shape index (κ2) is 25.0. The number of hydrogen-bond acceptors (Lipinski definition) is 12. The van der Waals surface area contributed by atoms with Crippen LogP contribution in [0.3, 0.4) is 0 Å². The fraction of sp³-hybridized carbons (Fsp3) is 0.500. The molecule has 12 nitrogen and oxygen atoms in total. The van der Waals surface area contributed by atoms with Crippen molar-refractivity contribution in [3.8, 4) is 28.4 Å². The third kappa shape index (κ3) is 14.0. The Morgan fingerprint density at radius 3 is 1.31 bits per heavy atom. The molecule has 0 saturated carbocycles. The van der Waals surface area contributed by atoms with Gasteiger partial charge in [0.1, 0.15) is 29.5 Å². The van der Waals surface area contributed by atoms with E-state index in [0.29, 0.717) is 16.9 Å². The van der Waals surface area contributed by atoms with Crippen LogP contribution in [0.15, 0.2) is 85.5 Å².